The third kappa shape index (κ3) is 3.35. The molecule has 0 saturated carbocycles. The van der Waals surface area contributed by atoms with Crippen molar-refractivity contribution in [2.75, 3.05) is 19.8 Å². The molecule has 118 valence electrons. The third-order valence-electron chi connectivity index (χ3n) is 4.57. The summed E-state index contributed by atoms with van der Waals surface area (Å²) >= 11 is 6.20. The summed E-state index contributed by atoms with van der Waals surface area (Å²) in [7, 11) is 2.02. The molecule has 0 unspecified atom stereocenters. The molecule has 1 aliphatic heterocycles. The highest BCUT2D eigenvalue weighted by molar-refractivity contribution is 6.30. The number of aromatic nitrogens is 2. The number of imidazole rings is 1. The van der Waals surface area contributed by atoms with E-state index in [-0.39, 0.29) is 5.41 Å². The van der Waals surface area contributed by atoms with Crippen LogP contribution >= 0.6 is 11.6 Å². The van der Waals surface area contributed by atoms with Gasteiger partial charge in [-0.05, 0) is 30.5 Å². The Morgan fingerprint density at radius 2 is 2.18 bits per heavy atom. The normalized spacial score (nSPS) is 17.5. The first-order valence-corrected chi connectivity index (χ1v) is 8.07. The van der Waals surface area contributed by atoms with E-state index in [2.05, 4.69) is 22.4 Å². The highest BCUT2D eigenvalue weighted by atomic mass is 35.5. The van der Waals surface area contributed by atoms with Crippen LogP contribution in [0.25, 0.3) is 0 Å². The van der Waals surface area contributed by atoms with Gasteiger partial charge in [-0.25, -0.2) is 4.98 Å². The van der Waals surface area contributed by atoms with E-state index in [4.69, 9.17) is 16.3 Å². The summed E-state index contributed by atoms with van der Waals surface area (Å²) in [6.07, 6.45) is 5.78. The van der Waals surface area contributed by atoms with Crippen molar-refractivity contribution in [3.05, 3.63) is 53.1 Å². The molecule has 1 N–H and O–H groups in total. The van der Waals surface area contributed by atoms with Crippen molar-refractivity contribution in [3.63, 3.8) is 0 Å². The predicted octanol–water partition coefficient (Wildman–Crippen LogP) is 2.91. The molecule has 5 heteroatoms. The average molecular weight is 320 g/mol. The molecule has 1 aliphatic rings. The Bertz CT molecular complexity index is 620. The van der Waals surface area contributed by atoms with E-state index in [9.17, 15) is 0 Å². The molecule has 2 aromatic rings. The van der Waals surface area contributed by atoms with Crippen molar-refractivity contribution in [3.8, 4) is 0 Å². The molecule has 1 fully saturated rings. The maximum Gasteiger partial charge on any atom is 0.0945 e. The van der Waals surface area contributed by atoms with Gasteiger partial charge in [0, 0.05) is 50.0 Å². The van der Waals surface area contributed by atoms with Gasteiger partial charge < -0.3 is 14.6 Å². The van der Waals surface area contributed by atoms with Crippen LogP contribution in [0.4, 0.5) is 0 Å². The maximum absolute atomic E-state index is 6.20. The SMILES string of the molecule is Cn1cncc1CNCC1(c2cccc(Cl)c2)CCOCC1. The zero-order chi connectivity index (χ0) is 15.4. The Hall–Kier alpha value is -1.36. The van der Waals surface area contributed by atoms with Crippen LogP contribution in [0.2, 0.25) is 5.02 Å². The lowest BCUT2D eigenvalue weighted by molar-refractivity contribution is 0.0497. The van der Waals surface area contributed by atoms with Gasteiger partial charge in [0.05, 0.1) is 12.0 Å². The van der Waals surface area contributed by atoms with Crippen LogP contribution in [0.5, 0.6) is 0 Å². The fourth-order valence-corrected chi connectivity index (χ4v) is 3.32. The lowest BCUT2D eigenvalue weighted by atomic mass is 9.74. The van der Waals surface area contributed by atoms with Crippen LogP contribution in [-0.2, 0) is 23.7 Å². The summed E-state index contributed by atoms with van der Waals surface area (Å²) < 4.78 is 7.62. The van der Waals surface area contributed by atoms with Crippen molar-refractivity contribution >= 4 is 11.6 Å². The van der Waals surface area contributed by atoms with Crippen LogP contribution in [0.1, 0.15) is 24.1 Å². The number of hydrogen-bond donors (Lipinski definition) is 1. The summed E-state index contributed by atoms with van der Waals surface area (Å²) in [6.45, 7) is 3.35. The van der Waals surface area contributed by atoms with Crippen LogP contribution in [0.3, 0.4) is 0 Å². The third-order valence-corrected chi connectivity index (χ3v) is 4.81. The molecule has 1 aromatic heterocycles. The second-order valence-electron chi connectivity index (χ2n) is 6.00. The van der Waals surface area contributed by atoms with E-state index in [1.54, 1.807) is 0 Å². The largest absolute Gasteiger partial charge is 0.381 e. The number of aryl methyl sites for hydroxylation is 1. The summed E-state index contributed by atoms with van der Waals surface area (Å²) in [4.78, 5) is 4.16. The molecule has 0 spiro atoms. The summed E-state index contributed by atoms with van der Waals surface area (Å²) in [6, 6.07) is 8.25. The minimum atomic E-state index is 0.0990. The predicted molar refractivity (Wildman–Crippen MR) is 88.1 cm³/mol. The standard InChI is InChI=1S/C17H22ClN3O/c1-21-13-20-11-16(21)10-19-12-17(5-7-22-8-6-17)14-3-2-4-15(18)9-14/h2-4,9,11,13,19H,5-8,10,12H2,1H3. The number of ether oxygens (including phenoxy) is 1. The van der Waals surface area contributed by atoms with Gasteiger partial charge in [0.1, 0.15) is 0 Å². The van der Waals surface area contributed by atoms with Gasteiger partial charge in [0.25, 0.3) is 0 Å². The molecule has 1 aromatic carbocycles. The fraction of sp³-hybridized carbons (Fsp3) is 0.471. The molecule has 0 amide bonds. The van der Waals surface area contributed by atoms with Gasteiger partial charge in [-0.3, -0.25) is 0 Å². The van der Waals surface area contributed by atoms with Crippen molar-refractivity contribution in [2.45, 2.75) is 24.8 Å². The van der Waals surface area contributed by atoms with Gasteiger partial charge in [0.2, 0.25) is 0 Å². The highest BCUT2D eigenvalue weighted by Crippen LogP contribution is 2.35. The Labute approximate surface area is 136 Å². The minimum absolute atomic E-state index is 0.0990. The Morgan fingerprint density at radius 1 is 1.36 bits per heavy atom. The van der Waals surface area contributed by atoms with Crippen molar-refractivity contribution in [1.29, 1.82) is 0 Å². The molecule has 1 saturated heterocycles. The molecule has 2 heterocycles. The van der Waals surface area contributed by atoms with Gasteiger partial charge in [-0.1, -0.05) is 23.7 Å². The molecule has 0 atom stereocenters. The Balaban J connectivity index is 1.73. The summed E-state index contributed by atoms with van der Waals surface area (Å²) in [5.41, 5.74) is 2.59. The summed E-state index contributed by atoms with van der Waals surface area (Å²) in [5, 5.41) is 4.40. The number of hydrogen-bond acceptors (Lipinski definition) is 3. The Morgan fingerprint density at radius 3 is 2.86 bits per heavy atom. The Kier molecular flexibility index (Phi) is 4.81. The first-order chi connectivity index (χ1) is 10.7. The van der Waals surface area contributed by atoms with Crippen LogP contribution < -0.4 is 5.32 Å². The molecule has 4 nitrogen and oxygen atoms in total. The number of nitrogens with zero attached hydrogens (tertiary/aromatic N) is 2. The van der Waals surface area contributed by atoms with Gasteiger partial charge >= 0.3 is 0 Å². The van der Waals surface area contributed by atoms with E-state index in [0.717, 1.165) is 44.2 Å². The zero-order valence-electron chi connectivity index (χ0n) is 12.9. The van der Waals surface area contributed by atoms with Crippen molar-refractivity contribution in [2.24, 2.45) is 7.05 Å². The number of halogens is 1. The van der Waals surface area contributed by atoms with Gasteiger partial charge in [-0.2, -0.15) is 0 Å². The van der Waals surface area contributed by atoms with E-state index >= 15 is 0 Å². The molecule has 3 rings (SSSR count). The number of rotatable bonds is 5. The quantitative estimate of drug-likeness (QED) is 0.921. The zero-order valence-corrected chi connectivity index (χ0v) is 13.6. The highest BCUT2D eigenvalue weighted by Gasteiger charge is 2.34. The molecular formula is C17H22ClN3O. The fourth-order valence-electron chi connectivity index (χ4n) is 3.13. The van der Waals surface area contributed by atoms with Crippen LogP contribution in [-0.4, -0.2) is 29.3 Å². The van der Waals surface area contributed by atoms with Gasteiger partial charge in [0.15, 0.2) is 0 Å². The smallest absolute Gasteiger partial charge is 0.0945 e. The van der Waals surface area contributed by atoms with E-state index in [0.29, 0.717) is 0 Å². The minimum Gasteiger partial charge on any atom is -0.381 e. The average Bonchev–Trinajstić information content (AvgIpc) is 2.94. The lowest BCUT2D eigenvalue weighted by Gasteiger charge is -2.38. The van der Waals surface area contributed by atoms with E-state index < -0.39 is 0 Å². The first kappa shape index (κ1) is 15.5. The van der Waals surface area contributed by atoms with Gasteiger partial charge in [-0.15, -0.1) is 0 Å². The van der Waals surface area contributed by atoms with Crippen LogP contribution in [0.15, 0.2) is 36.8 Å². The second-order valence-corrected chi connectivity index (χ2v) is 6.44. The molecule has 0 aliphatic carbocycles. The topological polar surface area (TPSA) is 39.1 Å². The number of benzene rings is 1. The van der Waals surface area contributed by atoms with Crippen LogP contribution in [0, 0.1) is 0 Å². The van der Waals surface area contributed by atoms with Crippen molar-refractivity contribution < 1.29 is 4.74 Å². The van der Waals surface area contributed by atoms with Crippen molar-refractivity contribution in [1.82, 2.24) is 14.9 Å². The van der Waals surface area contributed by atoms with E-state index in [1.807, 2.05) is 36.3 Å². The molecular weight excluding hydrogens is 298 g/mol. The summed E-state index contributed by atoms with van der Waals surface area (Å²) in [5.74, 6) is 0. The molecule has 22 heavy (non-hydrogen) atoms. The number of nitrogens with one attached hydrogen (secondary N) is 1. The molecule has 0 bridgehead atoms. The first-order valence-electron chi connectivity index (χ1n) is 7.69. The molecule has 0 radical (unpaired) electrons. The monoisotopic (exact) mass is 319 g/mol. The maximum atomic E-state index is 6.20. The lowest BCUT2D eigenvalue weighted by Crippen LogP contribution is -2.42. The van der Waals surface area contributed by atoms with E-state index in [1.165, 1.54) is 11.3 Å². The second kappa shape index (κ2) is 6.82.